The number of nitrogens with zero attached hydrogens (tertiary/aromatic N) is 2. The van der Waals surface area contributed by atoms with Crippen molar-refractivity contribution in [2.45, 2.75) is 6.92 Å². The molecular formula is C20H15N3O4S. The molecule has 0 aliphatic carbocycles. The summed E-state index contributed by atoms with van der Waals surface area (Å²) in [5.74, 6) is -0.542. The molecule has 7 nitrogen and oxygen atoms in total. The predicted molar refractivity (Wildman–Crippen MR) is 108 cm³/mol. The maximum absolute atomic E-state index is 12.2. The number of nitro groups is 1. The molecule has 0 radical (unpaired) electrons. The molecule has 28 heavy (non-hydrogen) atoms. The fourth-order valence-electron chi connectivity index (χ4n) is 2.43. The molecule has 1 N–H and O–H groups in total. The van der Waals surface area contributed by atoms with E-state index in [-0.39, 0.29) is 11.5 Å². The fraction of sp³-hybridized carbons (Fsp3) is 0.0500. The lowest BCUT2D eigenvalue weighted by Gasteiger charge is -1.98. The molecule has 0 saturated heterocycles. The van der Waals surface area contributed by atoms with E-state index in [2.05, 4.69) is 10.3 Å². The number of carbonyl (C=O) groups is 2. The predicted octanol–water partition coefficient (Wildman–Crippen LogP) is 4.57. The molecule has 1 heterocycles. The van der Waals surface area contributed by atoms with Crippen LogP contribution in [0, 0.1) is 10.1 Å². The van der Waals surface area contributed by atoms with Crippen LogP contribution in [0.2, 0.25) is 0 Å². The number of nitro benzene ring substituents is 1. The number of hydrogen-bond acceptors (Lipinski definition) is 6. The van der Waals surface area contributed by atoms with Crippen LogP contribution in [0.5, 0.6) is 0 Å². The number of thiazole rings is 1. The number of non-ortho nitro benzene ring substituents is 1. The minimum absolute atomic E-state index is 0.0189. The van der Waals surface area contributed by atoms with Crippen LogP contribution < -0.4 is 5.32 Å². The molecular weight excluding hydrogens is 378 g/mol. The van der Waals surface area contributed by atoms with Crippen molar-refractivity contribution in [2.24, 2.45) is 0 Å². The normalized spacial score (nSPS) is 10.8. The van der Waals surface area contributed by atoms with Gasteiger partial charge in [0.2, 0.25) is 5.91 Å². The largest absolute Gasteiger partial charge is 0.298 e. The summed E-state index contributed by atoms with van der Waals surface area (Å²) < 4.78 is 0. The van der Waals surface area contributed by atoms with Gasteiger partial charge in [-0.15, -0.1) is 0 Å². The number of anilines is 1. The second-order valence-corrected chi connectivity index (χ2v) is 6.79. The standard InChI is InChI=1S/C20H15N3O4S/c1-13(24)19-18(15-5-3-2-4-6-15)22-20(28-19)21-17(25)12-9-14-7-10-16(11-8-14)23(26)27/h2-12H,1H3,(H,21,22,25)/b12-9+. The van der Waals surface area contributed by atoms with Gasteiger partial charge < -0.3 is 0 Å². The van der Waals surface area contributed by atoms with Gasteiger partial charge >= 0.3 is 0 Å². The van der Waals surface area contributed by atoms with E-state index in [4.69, 9.17) is 0 Å². The van der Waals surface area contributed by atoms with Crippen LogP contribution in [-0.2, 0) is 4.79 Å². The quantitative estimate of drug-likeness (QED) is 0.286. The zero-order valence-corrected chi connectivity index (χ0v) is 15.6. The maximum atomic E-state index is 12.2. The van der Waals surface area contributed by atoms with Crippen molar-refractivity contribution in [1.29, 1.82) is 0 Å². The number of ketones is 1. The van der Waals surface area contributed by atoms with E-state index in [0.717, 1.165) is 16.9 Å². The molecule has 0 spiro atoms. The molecule has 8 heteroatoms. The van der Waals surface area contributed by atoms with Crippen LogP contribution in [0.3, 0.4) is 0 Å². The highest BCUT2D eigenvalue weighted by Gasteiger charge is 2.17. The zero-order chi connectivity index (χ0) is 20.1. The molecule has 0 atom stereocenters. The summed E-state index contributed by atoms with van der Waals surface area (Å²) in [7, 11) is 0. The second kappa shape index (κ2) is 8.36. The van der Waals surface area contributed by atoms with Crippen LogP contribution in [0.4, 0.5) is 10.8 Å². The highest BCUT2D eigenvalue weighted by molar-refractivity contribution is 7.18. The van der Waals surface area contributed by atoms with E-state index in [9.17, 15) is 19.7 Å². The summed E-state index contributed by atoms with van der Waals surface area (Å²) in [4.78, 5) is 39.1. The monoisotopic (exact) mass is 393 g/mol. The average molecular weight is 393 g/mol. The lowest BCUT2D eigenvalue weighted by atomic mass is 10.1. The van der Waals surface area contributed by atoms with E-state index < -0.39 is 10.8 Å². The Morgan fingerprint density at radius 2 is 1.79 bits per heavy atom. The Morgan fingerprint density at radius 3 is 2.39 bits per heavy atom. The van der Waals surface area contributed by atoms with Gasteiger partial charge in [0.15, 0.2) is 10.9 Å². The first-order valence-electron chi connectivity index (χ1n) is 8.25. The van der Waals surface area contributed by atoms with Gasteiger partial charge in [-0.3, -0.25) is 25.0 Å². The van der Waals surface area contributed by atoms with Gasteiger partial charge in [-0.1, -0.05) is 41.7 Å². The third kappa shape index (κ3) is 4.54. The van der Waals surface area contributed by atoms with Crippen molar-refractivity contribution in [3.8, 4) is 11.3 Å². The minimum atomic E-state index is -0.487. The Hall–Kier alpha value is -3.65. The van der Waals surface area contributed by atoms with Gasteiger partial charge in [0.1, 0.15) is 0 Å². The second-order valence-electron chi connectivity index (χ2n) is 5.79. The molecule has 1 aromatic heterocycles. The number of carbonyl (C=O) groups excluding carboxylic acids is 2. The maximum Gasteiger partial charge on any atom is 0.269 e. The van der Waals surface area contributed by atoms with Gasteiger partial charge in [0, 0.05) is 30.7 Å². The Bertz CT molecular complexity index is 1060. The minimum Gasteiger partial charge on any atom is -0.298 e. The van der Waals surface area contributed by atoms with Gasteiger partial charge in [0.25, 0.3) is 5.69 Å². The third-order valence-corrected chi connectivity index (χ3v) is 4.83. The summed E-state index contributed by atoms with van der Waals surface area (Å²) in [5, 5.41) is 13.6. The van der Waals surface area contributed by atoms with Crippen LogP contribution in [-0.4, -0.2) is 21.6 Å². The molecule has 0 unspecified atom stereocenters. The van der Waals surface area contributed by atoms with Gasteiger partial charge in [-0.25, -0.2) is 4.98 Å². The number of hydrogen-bond donors (Lipinski definition) is 1. The fourth-order valence-corrected chi connectivity index (χ4v) is 3.32. The van der Waals surface area contributed by atoms with Crippen LogP contribution >= 0.6 is 11.3 Å². The summed E-state index contributed by atoms with van der Waals surface area (Å²) in [6, 6.07) is 15.1. The van der Waals surface area contributed by atoms with E-state index in [0.29, 0.717) is 21.3 Å². The average Bonchev–Trinajstić information content (AvgIpc) is 3.11. The summed E-state index contributed by atoms with van der Waals surface area (Å²) in [6.45, 7) is 1.46. The Labute approximate surface area is 164 Å². The first-order valence-corrected chi connectivity index (χ1v) is 9.06. The molecule has 0 aliphatic rings. The third-order valence-electron chi connectivity index (χ3n) is 3.76. The number of rotatable bonds is 6. The van der Waals surface area contributed by atoms with Crippen molar-refractivity contribution in [3.05, 3.63) is 81.2 Å². The van der Waals surface area contributed by atoms with Crippen LogP contribution in [0.25, 0.3) is 17.3 Å². The molecule has 0 bridgehead atoms. The Balaban J connectivity index is 1.75. The highest BCUT2D eigenvalue weighted by atomic mass is 32.1. The molecule has 0 aliphatic heterocycles. The number of aromatic nitrogens is 1. The number of amides is 1. The number of Topliss-reactive ketones (excluding diaryl/α,β-unsaturated/α-hetero) is 1. The van der Waals surface area contributed by atoms with Crippen molar-refractivity contribution in [2.75, 3.05) is 5.32 Å². The first-order chi connectivity index (χ1) is 13.4. The molecule has 3 aromatic rings. The van der Waals surface area contributed by atoms with E-state index in [1.807, 2.05) is 30.3 Å². The van der Waals surface area contributed by atoms with Crippen LogP contribution in [0.15, 0.2) is 60.7 Å². The highest BCUT2D eigenvalue weighted by Crippen LogP contribution is 2.31. The van der Waals surface area contributed by atoms with E-state index in [1.165, 1.54) is 31.2 Å². The number of nitrogens with one attached hydrogen (secondary N) is 1. The summed E-state index contributed by atoms with van der Waals surface area (Å²) in [6.07, 6.45) is 2.84. The molecule has 140 valence electrons. The number of benzene rings is 2. The zero-order valence-electron chi connectivity index (χ0n) is 14.8. The van der Waals surface area contributed by atoms with Gasteiger partial charge in [-0.05, 0) is 23.8 Å². The molecule has 2 aromatic carbocycles. The van der Waals surface area contributed by atoms with Crippen molar-refractivity contribution >= 4 is 39.9 Å². The Morgan fingerprint density at radius 1 is 1.11 bits per heavy atom. The Kier molecular flexibility index (Phi) is 5.71. The molecule has 0 saturated carbocycles. The lowest BCUT2D eigenvalue weighted by Crippen LogP contribution is -2.07. The van der Waals surface area contributed by atoms with Crippen molar-refractivity contribution in [3.63, 3.8) is 0 Å². The summed E-state index contributed by atoms with van der Waals surface area (Å²) >= 11 is 1.12. The van der Waals surface area contributed by atoms with Crippen molar-refractivity contribution < 1.29 is 14.5 Å². The van der Waals surface area contributed by atoms with Crippen LogP contribution in [0.1, 0.15) is 22.2 Å². The molecule has 0 fully saturated rings. The van der Waals surface area contributed by atoms with Crippen molar-refractivity contribution in [1.82, 2.24) is 4.98 Å². The SMILES string of the molecule is CC(=O)c1sc(NC(=O)/C=C/c2ccc([N+](=O)[O-])cc2)nc1-c1ccccc1. The van der Waals surface area contributed by atoms with Gasteiger partial charge in [-0.2, -0.15) is 0 Å². The van der Waals surface area contributed by atoms with E-state index in [1.54, 1.807) is 12.1 Å². The summed E-state index contributed by atoms with van der Waals surface area (Å²) in [5.41, 5.74) is 1.96. The van der Waals surface area contributed by atoms with Gasteiger partial charge in [0.05, 0.1) is 15.5 Å². The molecule has 1 amide bonds. The van der Waals surface area contributed by atoms with E-state index >= 15 is 0 Å². The lowest BCUT2D eigenvalue weighted by molar-refractivity contribution is -0.384. The molecule has 3 rings (SSSR count). The topological polar surface area (TPSA) is 102 Å². The smallest absolute Gasteiger partial charge is 0.269 e. The first kappa shape index (κ1) is 19.1.